The van der Waals surface area contributed by atoms with Crippen molar-refractivity contribution in [2.24, 2.45) is 0 Å². The van der Waals surface area contributed by atoms with E-state index in [0.29, 0.717) is 34.9 Å². The van der Waals surface area contributed by atoms with E-state index in [2.05, 4.69) is 82.0 Å². The van der Waals surface area contributed by atoms with Crippen molar-refractivity contribution in [2.75, 3.05) is 0 Å². The first kappa shape index (κ1) is 38.0. The Kier molecular flexibility index (Phi) is 9.59. The first-order chi connectivity index (χ1) is 29.7. The third kappa shape index (κ3) is 6.76. The molecule has 0 aliphatic heterocycles. The van der Waals surface area contributed by atoms with Crippen LogP contribution in [0.1, 0.15) is 0 Å². The molecule has 3 heterocycles. The minimum absolute atomic E-state index is 0.545. The molecule has 282 valence electrons. The van der Waals surface area contributed by atoms with Gasteiger partial charge in [0.05, 0.1) is 5.69 Å². The Morgan fingerprint density at radius 3 is 1.00 bits per heavy atom. The zero-order valence-corrected chi connectivity index (χ0v) is 35.1. The summed E-state index contributed by atoms with van der Waals surface area (Å²) in [5.74, 6) is 3.46. The van der Waals surface area contributed by atoms with Crippen LogP contribution in [0.2, 0.25) is 0 Å². The molecule has 0 spiro atoms. The summed E-state index contributed by atoms with van der Waals surface area (Å²) >= 11 is 0. The predicted molar refractivity (Wildman–Crippen MR) is 269 cm³/mol. The highest BCUT2D eigenvalue weighted by Gasteiger charge is 2.25. The van der Waals surface area contributed by atoms with E-state index in [-0.39, 0.29) is 0 Å². The molecule has 0 radical (unpaired) electrons. The van der Waals surface area contributed by atoms with E-state index in [0.717, 1.165) is 39.1 Å². The van der Waals surface area contributed by atoms with Crippen molar-refractivity contribution in [3.63, 3.8) is 0 Å². The van der Waals surface area contributed by atoms with E-state index in [9.17, 15) is 0 Å². The van der Waals surface area contributed by atoms with E-state index in [1.54, 1.807) is 0 Å². The molecule has 7 aromatic carbocycles. The fraction of sp³-hybridized carbons (Fsp3) is 0. The van der Waals surface area contributed by atoms with Crippen molar-refractivity contribution in [3.05, 3.63) is 152 Å². The van der Waals surface area contributed by atoms with Crippen molar-refractivity contribution in [1.82, 2.24) is 34.5 Å². The standard InChI is InChI=1S/C48H37B6N7/c49-32-24-34(51)41-37(39(32)53)38-40(54)33(50)25-35(52)42(38)61(41)36-22-21-30(47-57-43(26-13-5-1-6-14-26)55-44(58-47)27-15-7-2-8-16-27)23-31(36)48-59-45(28-17-9-3-10-18-28)56-46(60-48)29-19-11-4-12-20-29/h1-25H,49-54H2. The van der Waals surface area contributed by atoms with E-state index < -0.39 is 0 Å². The van der Waals surface area contributed by atoms with Crippen LogP contribution in [0.25, 0.3) is 95.8 Å². The van der Waals surface area contributed by atoms with Gasteiger partial charge in [-0.1, -0.05) is 166 Å². The highest BCUT2D eigenvalue weighted by atomic mass is 15.1. The first-order valence-corrected chi connectivity index (χ1v) is 20.6. The Morgan fingerprint density at radius 2 is 0.639 bits per heavy atom. The van der Waals surface area contributed by atoms with E-state index in [1.807, 2.05) is 121 Å². The van der Waals surface area contributed by atoms with Gasteiger partial charge in [-0.25, -0.2) is 29.9 Å². The van der Waals surface area contributed by atoms with Gasteiger partial charge in [0.25, 0.3) is 0 Å². The lowest BCUT2D eigenvalue weighted by atomic mass is 9.71. The van der Waals surface area contributed by atoms with Crippen LogP contribution in [0, 0.1) is 0 Å². The van der Waals surface area contributed by atoms with Crippen LogP contribution in [0.4, 0.5) is 0 Å². The van der Waals surface area contributed by atoms with Gasteiger partial charge in [0.1, 0.15) is 47.1 Å². The Balaban J connectivity index is 1.33. The molecule has 10 rings (SSSR count). The fourth-order valence-electron chi connectivity index (χ4n) is 8.60. The zero-order valence-electron chi connectivity index (χ0n) is 35.1. The summed E-state index contributed by atoms with van der Waals surface area (Å²) in [6.45, 7) is 0. The maximum atomic E-state index is 5.31. The van der Waals surface area contributed by atoms with Gasteiger partial charge in [0, 0.05) is 44.4 Å². The minimum Gasteiger partial charge on any atom is -0.310 e. The molecule has 3 aromatic heterocycles. The number of fused-ring (bicyclic) bond motifs is 3. The second-order valence-corrected chi connectivity index (χ2v) is 15.9. The van der Waals surface area contributed by atoms with Gasteiger partial charge < -0.3 is 4.57 Å². The maximum Gasteiger partial charge on any atom is 0.166 e. The van der Waals surface area contributed by atoms with Crippen LogP contribution in [0.5, 0.6) is 0 Å². The molecule has 0 aliphatic rings. The van der Waals surface area contributed by atoms with Gasteiger partial charge in [0.2, 0.25) is 0 Å². The fourth-order valence-corrected chi connectivity index (χ4v) is 8.60. The van der Waals surface area contributed by atoms with Gasteiger partial charge in [-0.05, 0) is 29.0 Å². The van der Waals surface area contributed by atoms with Crippen LogP contribution in [-0.2, 0) is 0 Å². The van der Waals surface area contributed by atoms with Crippen molar-refractivity contribution in [2.45, 2.75) is 0 Å². The van der Waals surface area contributed by atoms with Gasteiger partial charge in [0.15, 0.2) is 34.9 Å². The van der Waals surface area contributed by atoms with Gasteiger partial charge >= 0.3 is 0 Å². The molecule has 61 heavy (non-hydrogen) atoms. The lowest BCUT2D eigenvalue weighted by Gasteiger charge is -2.18. The Bertz CT molecular complexity index is 3130. The molecule has 0 N–H and O–H groups in total. The SMILES string of the molecule is Bc1cc(B)c2c(c1B)c1c(B)c(B)cc(B)c1n2-c1ccc(-c2nc(-c3ccccc3)nc(-c3ccccc3)n2)cc1-c1nc(-c2ccccc2)nc(-c2ccccc2)n1. The Morgan fingerprint density at radius 1 is 0.311 bits per heavy atom. The quantitative estimate of drug-likeness (QED) is 0.222. The molecule has 0 bridgehead atoms. The molecular weight excluding hydrogens is 739 g/mol. The molecule has 0 saturated carbocycles. The smallest absolute Gasteiger partial charge is 0.166 e. The van der Waals surface area contributed by atoms with Gasteiger partial charge in [-0.3, -0.25) is 0 Å². The molecule has 0 amide bonds. The Labute approximate surface area is 360 Å². The number of rotatable bonds is 7. The third-order valence-corrected chi connectivity index (χ3v) is 11.9. The van der Waals surface area contributed by atoms with Gasteiger partial charge in [-0.15, -0.1) is 0 Å². The molecule has 0 fully saturated rings. The summed E-state index contributed by atoms with van der Waals surface area (Å²) in [7, 11) is 13.4. The first-order valence-electron chi connectivity index (χ1n) is 20.6. The maximum absolute atomic E-state index is 5.31. The summed E-state index contributed by atoms with van der Waals surface area (Å²) in [6.07, 6.45) is 0. The van der Waals surface area contributed by atoms with Crippen molar-refractivity contribution in [3.8, 4) is 74.0 Å². The summed E-state index contributed by atoms with van der Waals surface area (Å²) in [6, 6.07) is 51.5. The third-order valence-electron chi connectivity index (χ3n) is 11.9. The minimum atomic E-state index is 0.545. The summed E-state index contributed by atoms with van der Waals surface area (Å²) in [4.78, 5) is 31.0. The van der Waals surface area contributed by atoms with E-state index in [4.69, 9.17) is 29.9 Å². The zero-order chi connectivity index (χ0) is 41.8. The second-order valence-electron chi connectivity index (χ2n) is 15.9. The van der Waals surface area contributed by atoms with Crippen LogP contribution in [0.15, 0.2) is 152 Å². The monoisotopic (exact) mass is 777 g/mol. The summed E-state index contributed by atoms with van der Waals surface area (Å²) in [5.41, 5.74) is 16.0. The van der Waals surface area contributed by atoms with Gasteiger partial charge in [-0.2, -0.15) is 0 Å². The molecule has 0 atom stereocenters. The molecule has 7 nitrogen and oxygen atoms in total. The van der Waals surface area contributed by atoms with E-state index >= 15 is 0 Å². The number of benzene rings is 7. The lowest BCUT2D eigenvalue weighted by Crippen LogP contribution is -2.33. The van der Waals surface area contributed by atoms with Crippen molar-refractivity contribution in [1.29, 1.82) is 0 Å². The molecule has 0 unspecified atom stereocenters. The summed E-state index contributed by atoms with van der Waals surface area (Å²) < 4.78 is 2.44. The van der Waals surface area contributed by atoms with Crippen LogP contribution >= 0.6 is 0 Å². The second kappa shape index (κ2) is 15.4. The average molecular weight is 777 g/mol. The van der Waals surface area contributed by atoms with Crippen LogP contribution in [-0.4, -0.2) is 81.5 Å². The van der Waals surface area contributed by atoms with Crippen LogP contribution in [0.3, 0.4) is 0 Å². The average Bonchev–Trinajstić information content (AvgIpc) is 3.68. The van der Waals surface area contributed by atoms with Crippen molar-refractivity contribution < 1.29 is 0 Å². The van der Waals surface area contributed by atoms with Crippen LogP contribution < -0.4 is 32.8 Å². The normalized spacial score (nSPS) is 11.3. The molecule has 10 aromatic rings. The number of aromatic nitrogens is 7. The number of hydrogen-bond donors (Lipinski definition) is 0. The Hall–Kier alpha value is -7.25. The lowest BCUT2D eigenvalue weighted by molar-refractivity contribution is 1.06. The molecule has 0 saturated heterocycles. The molecule has 0 aliphatic carbocycles. The number of hydrogen-bond acceptors (Lipinski definition) is 6. The largest absolute Gasteiger partial charge is 0.310 e. The van der Waals surface area contributed by atoms with E-state index in [1.165, 1.54) is 54.6 Å². The molecular formula is C48H37B6N7. The highest BCUT2D eigenvalue weighted by molar-refractivity contribution is 6.62. The van der Waals surface area contributed by atoms with Crippen molar-refractivity contribution >= 4 is 102 Å². The molecule has 13 heteroatoms. The summed E-state index contributed by atoms with van der Waals surface area (Å²) in [5, 5.41) is 2.55. The topological polar surface area (TPSA) is 82.3 Å². The highest BCUT2D eigenvalue weighted by Crippen LogP contribution is 2.36. The number of nitrogens with zero attached hydrogens (tertiary/aromatic N) is 7. The predicted octanol–water partition coefficient (Wildman–Crippen LogP) is 0.706.